The van der Waals surface area contributed by atoms with E-state index in [0.717, 1.165) is 29.2 Å². The van der Waals surface area contributed by atoms with E-state index in [1.807, 2.05) is 6.07 Å². The Morgan fingerprint density at radius 3 is 2.51 bits per heavy atom. The molecule has 3 heterocycles. The van der Waals surface area contributed by atoms with E-state index in [4.69, 9.17) is 0 Å². The van der Waals surface area contributed by atoms with Gasteiger partial charge in [-0.2, -0.15) is 36.7 Å². The Hall–Kier alpha value is -4.29. The maximum Gasteiger partial charge on any atom is 0.419 e. The van der Waals surface area contributed by atoms with Crippen LogP contribution in [0.15, 0.2) is 37.1 Å². The lowest BCUT2D eigenvalue weighted by Gasteiger charge is -2.31. The van der Waals surface area contributed by atoms with Gasteiger partial charge in [0.1, 0.15) is 18.2 Å². The van der Waals surface area contributed by atoms with Gasteiger partial charge in [0.15, 0.2) is 0 Å². The lowest BCUT2D eigenvalue weighted by atomic mass is 9.90. The summed E-state index contributed by atoms with van der Waals surface area (Å²) < 4.78 is 109. The summed E-state index contributed by atoms with van der Waals surface area (Å²) in [7, 11) is 0. The highest BCUT2D eigenvalue weighted by molar-refractivity contribution is 5.83. The first kappa shape index (κ1) is 28.2. The predicted molar refractivity (Wildman–Crippen MR) is 129 cm³/mol. The number of aromatic nitrogens is 6. The van der Waals surface area contributed by atoms with Crippen molar-refractivity contribution in [3.05, 3.63) is 53.7 Å². The molecule has 0 bridgehead atoms. The molecule has 2 atom stereocenters. The van der Waals surface area contributed by atoms with Crippen molar-refractivity contribution in [3.63, 3.8) is 0 Å². The van der Waals surface area contributed by atoms with Crippen molar-refractivity contribution in [3.8, 4) is 17.3 Å². The van der Waals surface area contributed by atoms with Crippen molar-refractivity contribution in [2.75, 3.05) is 5.32 Å². The monoisotopic (exact) mass is 584 g/mol. The van der Waals surface area contributed by atoms with Gasteiger partial charge in [0.05, 0.1) is 40.4 Å². The summed E-state index contributed by atoms with van der Waals surface area (Å²) in [4.78, 5) is 12.0. The summed E-state index contributed by atoms with van der Waals surface area (Å²) >= 11 is 0. The van der Waals surface area contributed by atoms with Gasteiger partial charge in [-0.25, -0.2) is 23.7 Å². The topological polar surface area (TPSA) is 97.2 Å². The second kappa shape index (κ2) is 10.6. The van der Waals surface area contributed by atoms with Gasteiger partial charge >= 0.3 is 12.4 Å². The molecule has 41 heavy (non-hydrogen) atoms. The minimum absolute atomic E-state index is 0.0227. The molecule has 1 aliphatic rings. The molecule has 1 saturated carbocycles. The molecule has 16 heteroatoms. The summed E-state index contributed by atoms with van der Waals surface area (Å²) in [6, 6.07) is 2.86. The van der Waals surface area contributed by atoms with Gasteiger partial charge in [0.2, 0.25) is 5.95 Å². The second-order valence-electron chi connectivity index (χ2n) is 9.61. The summed E-state index contributed by atoms with van der Waals surface area (Å²) in [6.45, 7) is -0.797. The number of nitrogens with one attached hydrogen (secondary N) is 1. The Kier molecular flexibility index (Phi) is 7.30. The van der Waals surface area contributed by atoms with Crippen LogP contribution >= 0.6 is 0 Å². The number of rotatable bonds is 6. The molecule has 2 unspecified atom stereocenters. The molecule has 0 amide bonds. The van der Waals surface area contributed by atoms with Crippen molar-refractivity contribution in [2.45, 2.75) is 63.1 Å². The number of alkyl halides is 8. The third kappa shape index (κ3) is 5.93. The molecule has 5 rings (SSSR count). The molecule has 1 aliphatic carbocycles. The highest BCUT2D eigenvalue weighted by Crippen LogP contribution is 2.38. The minimum Gasteiger partial charge on any atom is -0.351 e. The van der Waals surface area contributed by atoms with Crippen molar-refractivity contribution >= 4 is 17.0 Å². The van der Waals surface area contributed by atoms with Crippen LogP contribution in [-0.2, 0) is 18.9 Å². The van der Waals surface area contributed by atoms with E-state index in [2.05, 4.69) is 25.4 Å². The van der Waals surface area contributed by atoms with Gasteiger partial charge in [0.25, 0.3) is 6.43 Å². The fourth-order valence-electron chi connectivity index (χ4n) is 5.03. The Morgan fingerprint density at radius 2 is 1.83 bits per heavy atom. The van der Waals surface area contributed by atoms with Crippen LogP contribution in [0.3, 0.4) is 0 Å². The second-order valence-corrected chi connectivity index (χ2v) is 9.61. The molecular weight excluding hydrogens is 564 g/mol. The van der Waals surface area contributed by atoms with Crippen LogP contribution in [0.4, 0.5) is 41.1 Å². The maximum absolute atomic E-state index is 13.7. The van der Waals surface area contributed by atoms with Crippen LogP contribution < -0.4 is 5.32 Å². The zero-order valence-electron chi connectivity index (χ0n) is 20.9. The number of hydrogen-bond donors (Lipinski definition) is 1. The molecule has 1 aromatic carbocycles. The van der Waals surface area contributed by atoms with E-state index in [1.54, 1.807) is 4.57 Å². The standard InChI is InChI=1S/C25H20F8N8/c26-20(27)11-40-10-14(8-37-40)21-18(25(31,32)33)9-35-23(39-21)38-16-2-1-3-17(6-16)41-12-36-19-5-15(24(28,29)30)4-13(7-34)22(19)41/h4-5,8-10,12,16-17,20H,1-3,6,11H2,(H,35,38,39). The van der Waals surface area contributed by atoms with Gasteiger partial charge in [-0.3, -0.25) is 4.68 Å². The van der Waals surface area contributed by atoms with Gasteiger partial charge in [-0.15, -0.1) is 0 Å². The summed E-state index contributed by atoms with van der Waals surface area (Å²) in [5.41, 5.74) is -2.67. The van der Waals surface area contributed by atoms with Crippen LogP contribution in [0.2, 0.25) is 0 Å². The Balaban J connectivity index is 1.41. The summed E-state index contributed by atoms with van der Waals surface area (Å²) in [6.07, 6.45) is -5.91. The van der Waals surface area contributed by atoms with E-state index in [9.17, 15) is 40.4 Å². The Bertz CT molecular complexity index is 1600. The van der Waals surface area contributed by atoms with Gasteiger partial charge in [0, 0.05) is 30.0 Å². The first-order valence-electron chi connectivity index (χ1n) is 12.3. The number of benzene rings is 1. The van der Waals surface area contributed by atoms with Gasteiger partial charge in [-0.1, -0.05) is 0 Å². The van der Waals surface area contributed by atoms with E-state index in [0.29, 0.717) is 31.9 Å². The predicted octanol–water partition coefficient (Wildman–Crippen LogP) is 6.46. The first-order chi connectivity index (χ1) is 19.3. The van der Waals surface area contributed by atoms with Crippen LogP contribution in [0.25, 0.3) is 22.3 Å². The smallest absolute Gasteiger partial charge is 0.351 e. The van der Waals surface area contributed by atoms with E-state index < -0.39 is 42.1 Å². The van der Waals surface area contributed by atoms with Gasteiger partial charge in [-0.05, 0) is 37.8 Å². The van der Waals surface area contributed by atoms with Crippen molar-refractivity contribution in [1.29, 1.82) is 5.26 Å². The lowest BCUT2D eigenvalue weighted by molar-refractivity contribution is -0.138. The Morgan fingerprint density at radius 1 is 1.05 bits per heavy atom. The van der Waals surface area contributed by atoms with E-state index in [-0.39, 0.29) is 40.2 Å². The lowest BCUT2D eigenvalue weighted by Crippen LogP contribution is -2.29. The number of imidazole rings is 1. The SMILES string of the molecule is N#Cc1cc(C(F)(F)F)cc2ncn(C3CCCC(Nc4ncc(C(F)(F)F)c(-c5cnn(CC(F)F)c5)n4)C3)c12. The molecule has 4 aromatic rings. The molecule has 0 saturated heterocycles. The maximum atomic E-state index is 13.7. The van der Waals surface area contributed by atoms with Crippen LogP contribution in [-0.4, -0.2) is 41.8 Å². The largest absolute Gasteiger partial charge is 0.419 e. The number of nitriles is 1. The summed E-state index contributed by atoms with van der Waals surface area (Å²) in [5.74, 6) is -0.122. The molecule has 0 radical (unpaired) electrons. The van der Waals surface area contributed by atoms with Crippen LogP contribution in [0.5, 0.6) is 0 Å². The van der Waals surface area contributed by atoms with Crippen molar-refractivity contribution < 1.29 is 35.1 Å². The number of nitrogens with zero attached hydrogens (tertiary/aromatic N) is 7. The fourth-order valence-corrected chi connectivity index (χ4v) is 5.03. The molecule has 216 valence electrons. The average molecular weight is 584 g/mol. The number of anilines is 1. The minimum atomic E-state index is -4.82. The van der Waals surface area contributed by atoms with Crippen molar-refractivity contribution in [1.82, 2.24) is 29.3 Å². The zero-order chi connectivity index (χ0) is 29.5. The third-order valence-electron chi connectivity index (χ3n) is 6.82. The number of fused-ring (bicyclic) bond motifs is 1. The highest BCUT2D eigenvalue weighted by Gasteiger charge is 2.36. The summed E-state index contributed by atoms with van der Waals surface area (Å²) in [5, 5.41) is 16.3. The van der Waals surface area contributed by atoms with Crippen LogP contribution in [0.1, 0.15) is 48.4 Å². The molecule has 8 nitrogen and oxygen atoms in total. The van der Waals surface area contributed by atoms with Crippen LogP contribution in [0, 0.1) is 11.3 Å². The Labute approximate surface area is 226 Å². The van der Waals surface area contributed by atoms with Gasteiger partial charge < -0.3 is 9.88 Å². The van der Waals surface area contributed by atoms with E-state index >= 15 is 0 Å². The normalized spacial score (nSPS) is 18.1. The molecular formula is C25H20F8N8. The zero-order valence-corrected chi connectivity index (χ0v) is 20.9. The number of hydrogen-bond acceptors (Lipinski definition) is 6. The first-order valence-corrected chi connectivity index (χ1v) is 12.3. The molecule has 3 aromatic heterocycles. The number of halogens is 8. The molecule has 0 spiro atoms. The van der Waals surface area contributed by atoms with Crippen molar-refractivity contribution in [2.24, 2.45) is 0 Å². The molecule has 1 fully saturated rings. The molecule has 1 N–H and O–H groups in total. The fraction of sp³-hybridized carbons (Fsp3) is 0.400. The van der Waals surface area contributed by atoms with E-state index in [1.165, 1.54) is 6.33 Å². The quantitative estimate of drug-likeness (QED) is 0.262. The average Bonchev–Trinajstić information content (AvgIpc) is 3.54. The highest BCUT2D eigenvalue weighted by atomic mass is 19.4. The third-order valence-corrected chi connectivity index (χ3v) is 6.82. The molecule has 0 aliphatic heterocycles.